The van der Waals surface area contributed by atoms with E-state index >= 15 is 0 Å². The summed E-state index contributed by atoms with van der Waals surface area (Å²) in [4.78, 5) is 0. The van der Waals surface area contributed by atoms with Crippen LogP contribution in [0, 0.1) is 27.7 Å². The summed E-state index contributed by atoms with van der Waals surface area (Å²) in [5.74, 6) is 2.07. The van der Waals surface area contributed by atoms with Gasteiger partial charge in [-0.15, -0.1) is 0 Å². The highest BCUT2D eigenvalue weighted by molar-refractivity contribution is 9.09. The second-order valence-electron chi connectivity index (χ2n) is 12.2. The minimum absolute atomic E-state index is 0.117. The molecule has 0 spiro atoms. The zero-order chi connectivity index (χ0) is 29.5. The van der Waals surface area contributed by atoms with Crippen LogP contribution < -0.4 is 9.47 Å². The summed E-state index contributed by atoms with van der Waals surface area (Å²) < 4.78 is 12.3. The Kier molecular flexibility index (Phi) is 11.8. The summed E-state index contributed by atoms with van der Waals surface area (Å²) in [6.45, 7) is 19.5. The van der Waals surface area contributed by atoms with Crippen LogP contribution in [0.4, 0.5) is 0 Å². The van der Waals surface area contributed by atoms with Gasteiger partial charge in [-0.05, 0) is 97.9 Å². The number of aryl methyl sites for hydroxylation is 4. The Labute approximate surface area is 260 Å². The van der Waals surface area contributed by atoms with Crippen molar-refractivity contribution in [3.8, 4) is 11.5 Å². The Morgan fingerprint density at radius 3 is 1.07 bits per heavy atom. The van der Waals surface area contributed by atoms with Crippen LogP contribution in [0.5, 0.6) is 11.5 Å². The Morgan fingerprint density at radius 2 is 0.800 bits per heavy atom. The molecule has 0 atom stereocenters. The van der Waals surface area contributed by atoms with Gasteiger partial charge in [0.1, 0.15) is 11.5 Å². The number of hydrogen-bond acceptors (Lipinski definition) is 2. The van der Waals surface area contributed by atoms with Crippen LogP contribution in [-0.4, -0.2) is 23.9 Å². The molecule has 0 heterocycles. The Hall–Kier alpha value is -1.78. The fourth-order valence-corrected chi connectivity index (χ4v) is 6.25. The third-order valence-corrected chi connectivity index (χ3v) is 9.36. The second-order valence-corrected chi connectivity index (χ2v) is 13.8. The van der Waals surface area contributed by atoms with Crippen LogP contribution in [0.3, 0.4) is 0 Å². The lowest BCUT2D eigenvalue weighted by atomic mass is 9.74. The van der Waals surface area contributed by atoms with Gasteiger partial charge in [0.15, 0.2) is 0 Å². The summed E-state index contributed by atoms with van der Waals surface area (Å²) in [6.07, 6.45) is 4.39. The predicted molar refractivity (Wildman–Crippen MR) is 180 cm³/mol. The van der Waals surface area contributed by atoms with Gasteiger partial charge in [-0.2, -0.15) is 0 Å². The zero-order valence-electron chi connectivity index (χ0n) is 25.8. The van der Waals surface area contributed by atoms with Crippen LogP contribution in [0.15, 0.2) is 48.5 Å². The van der Waals surface area contributed by atoms with E-state index in [-0.39, 0.29) is 10.8 Å². The van der Waals surface area contributed by atoms with Gasteiger partial charge >= 0.3 is 0 Å². The fourth-order valence-electron chi connectivity index (χ4n) is 5.46. The SMILES string of the molecule is Cc1cc(C(C)(C)c2ccc(C(C)(C)c3cc(C)c(OCCCCBr)c(C)c3)cc2)cc(C)c1OCCCCBr. The summed E-state index contributed by atoms with van der Waals surface area (Å²) >= 11 is 7.01. The molecule has 3 aromatic carbocycles. The minimum Gasteiger partial charge on any atom is -0.493 e. The molecule has 3 rings (SSSR count). The van der Waals surface area contributed by atoms with Crippen molar-refractivity contribution in [2.24, 2.45) is 0 Å². The molecule has 0 unspecified atom stereocenters. The average molecular weight is 673 g/mol. The maximum Gasteiger partial charge on any atom is 0.125 e. The van der Waals surface area contributed by atoms with E-state index in [1.807, 2.05) is 0 Å². The van der Waals surface area contributed by atoms with Crippen LogP contribution >= 0.6 is 31.9 Å². The average Bonchev–Trinajstić information content (AvgIpc) is 2.91. The molecule has 0 aliphatic heterocycles. The summed E-state index contributed by atoms with van der Waals surface area (Å²) in [5, 5.41) is 2.05. The Balaban J connectivity index is 1.82. The van der Waals surface area contributed by atoms with Crippen LogP contribution in [0.2, 0.25) is 0 Å². The molecule has 0 amide bonds. The molecule has 0 radical (unpaired) electrons. The van der Waals surface area contributed by atoms with Gasteiger partial charge in [-0.25, -0.2) is 0 Å². The largest absolute Gasteiger partial charge is 0.493 e. The van der Waals surface area contributed by atoms with Gasteiger partial charge in [0.05, 0.1) is 13.2 Å². The maximum absolute atomic E-state index is 6.16. The summed E-state index contributed by atoms with van der Waals surface area (Å²) in [7, 11) is 0. The highest BCUT2D eigenvalue weighted by Crippen LogP contribution is 2.39. The van der Waals surface area contributed by atoms with E-state index in [1.165, 1.54) is 44.5 Å². The number of alkyl halides is 2. The highest BCUT2D eigenvalue weighted by atomic mass is 79.9. The van der Waals surface area contributed by atoms with Crippen molar-refractivity contribution in [2.45, 2.75) is 91.9 Å². The molecule has 3 aromatic rings. The number of rotatable bonds is 14. The normalized spacial score (nSPS) is 12.1. The molecule has 218 valence electrons. The van der Waals surface area contributed by atoms with Crippen molar-refractivity contribution in [3.63, 3.8) is 0 Å². The van der Waals surface area contributed by atoms with Gasteiger partial charge in [0, 0.05) is 21.5 Å². The van der Waals surface area contributed by atoms with Crippen molar-refractivity contribution >= 4 is 31.9 Å². The zero-order valence-corrected chi connectivity index (χ0v) is 29.0. The van der Waals surface area contributed by atoms with E-state index < -0.39 is 0 Å². The first-order valence-corrected chi connectivity index (χ1v) is 16.9. The number of hydrogen-bond donors (Lipinski definition) is 0. The van der Waals surface area contributed by atoms with E-state index in [9.17, 15) is 0 Å². The van der Waals surface area contributed by atoms with Crippen LogP contribution in [-0.2, 0) is 10.8 Å². The van der Waals surface area contributed by atoms with Crippen LogP contribution in [0.25, 0.3) is 0 Å². The van der Waals surface area contributed by atoms with Crippen LogP contribution in [0.1, 0.15) is 97.9 Å². The molecule has 0 aromatic heterocycles. The van der Waals surface area contributed by atoms with Crippen molar-refractivity contribution in [1.82, 2.24) is 0 Å². The minimum atomic E-state index is -0.117. The molecule has 0 N–H and O–H groups in total. The van der Waals surface area contributed by atoms with Crippen molar-refractivity contribution in [2.75, 3.05) is 23.9 Å². The molecule has 2 nitrogen and oxygen atoms in total. The molecule has 0 saturated heterocycles. The Morgan fingerprint density at radius 1 is 0.500 bits per heavy atom. The lowest BCUT2D eigenvalue weighted by Crippen LogP contribution is -2.22. The number of ether oxygens (including phenoxy) is 2. The Bertz CT molecular complexity index is 1110. The topological polar surface area (TPSA) is 18.5 Å². The quantitative estimate of drug-likeness (QED) is 0.125. The molecular formula is C36H48Br2O2. The lowest BCUT2D eigenvalue weighted by molar-refractivity contribution is 0.305. The third-order valence-electron chi connectivity index (χ3n) is 8.24. The molecule has 40 heavy (non-hydrogen) atoms. The monoisotopic (exact) mass is 670 g/mol. The van der Waals surface area contributed by atoms with Gasteiger partial charge in [-0.3, -0.25) is 0 Å². The number of unbranched alkanes of at least 4 members (excludes halogenated alkanes) is 2. The molecule has 4 heteroatoms. The standard InChI is InChI=1S/C36H48Br2O2/c1-25-21-31(22-26(2)33(25)39-19-11-9-17-37)35(5,6)29-13-15-30(16-14-29)36(7,8)32-23-27(3)34(28(4)24-32)40-20-12-10-18-38/h13-16,21-24H,9-12,17-20H2,1-8H3. The fraction of sp³-hybridized carbons (Fsp3) is 0.500. The van der Waals surface area contributed by atoms with E-state index in [0.29, 0.717) is 0 Å². The van der Waals surface area contributed by atoms with E-state index in [2.05, 4.69) is 136 Å². The van der Waals surface area contributed by atoms with Gasteiger partial charge in [-0.1, -0.05) is 108 Å². The molecule has 0 fully saturated rings. The van der Waals surface area contributed by atoms with Gasteiger partial charge in [0.25, 0.3) is 0 Å². The molecular weight excluding hydrogens is 624 g/mol. The van der Waals surface area contributed by atoms with Crippen molar-refractivity contribution in [1.29, 1.82) is 0 Å². The lowest BCUT2D eigenvalue weighted by Gasteiger charge is -2.31. The molecule has 0 bridgehead atoms. The third kappa shape index (κ3) is 7.73. The van der Waals surface area contributed by atoms with E-state index in [1.54, 1.807) is 0 Å². The van der Waals surface area contributed by atoms with Crippen molar-refractivity contribution < 1.29 is 9.47 Å². The first-order chi connectivity index (χ1) is 18.9. The van der Waals surface area contributed by atoms with Crippen molar-refractivity contribution in [3.05, 3.63) is 93.0 Å². The summed E-state index contributed by atoms with van der Waals surface area (Å²) in [6, 6.07) is 18.5. The van der Waals surface area contributed by atoms with E-state index in [0.717, 1.165) is 61.1 Å². The summed E-state index contributed by atoms with van der Waals surface area (Å²) in [5.41, 5.74) is 9.87. The smallest absolute Gasteiger partial charge is 0.125 e. The second kappa shape index (κ2) is 14.4. The molecule has 0 aliphatic rings. The predicted octanol–water partition coefficient (Wildman–Crippen LogP) is 10.7. The molecule has 0 aliphatic carbocycles. The first kappa shape index (κ1) is 32.7. The van der Waals surface area contributed by atoms with Gasteiger partial charge < -0.3 is 9.47 Å². The highest BCUT2D eigenvalue weighted by Gasteiger charge is 2.28. The first-order valence-electron chi connectivity index (χ1n) is 14.7. The maximum atomic E-state index is 6.16. The molecule has 0 saturated carbocycles. The van der Waals surface area contributed by atoms with E-state index in [4.69, 9.17) is 9.47 Å². The number of halogens is 2. The number of benzene rings is 3. The van der Waals surface area contributed by atoms with Gasteiger partial charge in [0.2, 0.25) is 0 Å².